The molecule has 9 heteroatoms. The van der Waals surface area contributed by atoms with Crippen LogP contribution < -0.4 is 9.64 Å². The highest BCUT2D eigenvalue weighted by Gasteiger charge is 2.44. The van der Waals surface area contributed by atoms with E-state index in [1.165, 1.54) is 12.0 Å². The van der Waals surface area contributed by atoms with Crippen molar-refractivity contribution in [2.75, 3.05) is 38.3 Å². The van der Waals surface area contributed by atoms with E-state index < -0.39 is 17.7 Å². The average Bonchev–Trinajstić information content (AvgIpc) is 3.06. The molecule has 3 rings (SSSR count). The van der Waals surface area contributed by atoms with Crippen molar-refractivity contribution in [3.8, 4) is 17.2 Å². The fourth-order valence-electron chi connectivity index (χ4n) is 2.43. The molecular formula is C16H15F3N2O4. The number of hydrogen-bond acceptors (Lipinski definition) is 6. The summed E-state index contributed by atoms with van der Waals surface area (Å²) in [6.45, 7) is 1.29. The number of Topliss-reactive ketones (excluding diaryl/α,β-unsaturated/α-hetero) is 1. The number of benzene rings is 1. The second-order valence-corrected chi connectivity index (χ2v) is 5.33. The zero-order valence-electron chi connectivity index (χ0n) is 13.3. The molecular weight excluding hydrogens is 341 g/mol. The second-order valence-electron chi connectivity index (χ2n) is 5.33. The van der Waals surface area contributed by atoms with Crippen LogP contribution >= 0.6 is 0 Å². The Kier molecular flexibility index (Phi) is 4.67. The molecule has 0 amide bonds. The quantitative estimate of drug-likeness (QED) is 0.785. The van der Waals surface area contributed by atoms with Crippen molar-refractivity contribution in [3.05, 3.63) is 30.0 Å². The molecule has 134 valence electrons. The molecule has 0 saturated carbocycles. The van der Waals surface area contributed by atoms with E-state index in [0.717, 1.165) is 0 Å². The molecule has 0 spiro atoms. The highest BCUT2D eigenvalue weighted by molar-refractivity contribution is 6.02. The van der Waals surface area contributed by atoms with E-state index in [2.05, 4.69) is 4.98 Å². The number of oxazole rings is 1. The number of halogens is 3. The lowest BCUT2D eigenvalue weighted by molar-refractivity contribution is -0.0888. The van der Waals surface area contributed by atoms with Crippen molar-refractivity contribution in [2.45, 2.75) is 6.18 Å². The first-order valence-corrected chi connectivity index (χ1v) is 7.49. The van der Waals surface area contributed by atoms with E-state index in [1.807, 2.05) is 0 Å². The molecule has 0 atom stereocenters. The van der Waals surface area contributed by atoms with Crippen molar-refractivity contribution in [3.63, 3.8) is 0 Å². The molecule has 0 unspecified atom stereocenters. The van der Waals surface area contributed by atoms with Gasteiger partial charge >= 0.3 is 6.18 Å². The van der Waals surface area contributed by atoms with E-state index in [4.69, 9.17) is 13.9 Å². The number of carbonyl (C=O) groups excluding carboxylic acids is 1. The smallest absolute Gasteiger partial charge is 0.456 e. The van der Waals surface area contributed by atoms with Gasteiger partial charge < -0.3 is 18.8 Å². The summed E-state index contributed by atoms with van der Waals surface area (Å²) >= 11 is 0. The predicted octanol–water partition coefficient (Wildman–Crippen LogP) is 2.93. The largest absolute Gasteiger partial charge is 0.497 e. The summed E-state index contributed by atoms with van der Waals surface area (Å²) in [5, 5.41) is 0. The molecule has 1 aromatic carbocycles. The summed E-state index contributed by atoms with van der Waals surface area (Å²) in [4.78, 5) is 17.1. The first-order chi connectivity index (χ1) is 11.9. The van der Waals surface area contributed by atoms with Crippen molar-refractivity contribution >= 4 is 11.7 Å². The lowest BCUT2D eigenvalue weighted by atomic mass is 10.2. The molecule has 1 aromatic heterocycles. The normalized spacial score (nSPS) is 15.3. The number of anilines is 1. The van der Waals surface area contributed by atoms with Crippen LogP contribution in [0, 0.1) is 0 Å². The molecule has 0 aliphatic carbocycles. The third kappa shape index (κ3) is 3.60. The Morgan fingerprint density at radius 3 is 2.40 bits per heavy atom. The molecule has 0 radical (unpaired) electrons. The molecule has 2 aromatic rings. The fourth-order valence-corrected chi connectivity index (χ4v) is 2.43. The first-order valence-electron chi connectivity index (χ1n) is 7.49. The number of ether oxygens (including phenoxy) is 2. The van der Waals surface area contributed by atoms with Gasteiger partial charge in [-0.3, -0.25) is 4.79 Å². The van der Waals surface area contributed by atoms with Crippen molar-refractivity contribution in [1.82, 2.24) is 4.98 Å². The minimum Gasteiger partial charge on any atom is -0.497 e. The van der Waals surface area contributed by atoms with Crippen LogP contribution in [-0.4, -0.2) is 50.4 Å². The molecule has 1 aliphatic rings. The van der Waals surface area contributed by atoms with Crippen LogP contribution in [0.25, 0.3) is 11.5 Å². The van der Waals surface area contributed by atoms with Gasteiger partial charge in [0, 0.05) is 18.7 Å². The number of nitrogens with zero attached hydrogens (tertiary/aromatic N) is 2. The summed E-state index contributed by atoms with van der Waals surface area (Å²) in [7, 11) is 1.50. The first kappa shape index (κ1) is 17.3. The highest BCUT2D eigenvalue weighted by atomic mass is 19.4. The topological polar surface area (TPSA) is 64.8 Å². The van der Waals surface area contributed by atoms with Crippen molar-refractivity contribution in [1.29, 1.82) is 0 Å². The van der Waals surface area contributed by atoms with E-state index in [0.29, 0.717) is 37.6 Å². The lowest BCUT2D eigenvalue weighted by Gasteiger charge is -2.26. The van der Waals surface area contributed by atoms with E-state index in [-0.39, 0.29) is 11.8 Å². The van der Waals surface area contributed by atoms with Gasteiger partial charge in [-0.25, -0.2) is 4.98 Å². The van der Waals surface area contributed by atoms with Gasteiger partial charge in [0.05, 0.1) is 20.3 Å². The maximum atomic E-state index is 12.9. The summed E-state index contributed by atoms with van der Waals surface area (Å²) < 4.78 is 54.4. The van der Waals surface area contributed by atoms with E-state index in [9.17, 15) is 18.0 Å². The zero-order valence-corrected chi connectivity index (χ0v) is 13.3. The Morgan fingerprint density at radius 1 is 1.20 bits per heavy atom. The molecule has 0 bridgehead atoms. The second kappa shape index (κ2) is 6.75. The lowest BCUT2D eigenvalue weighted by Crippen LogP contribution is -2.37. The highest BCUT2D eigenvalue weighted by Crippen LogP contribution is 2.33. The summed E-state index contributed by atoms with van der Waals surface area (Å²) in [5.41, 5.74) is -0.295. The van der Waals surface area contributed by atoms with Gasteiger partial charge in [-0.1, -0.05) is 0 Å². The Hall–Kier alpha value is -2.55. The maximum Gasteiger partial charge on any atom is 0.456 e. The van der Waals surface area contributed by atoms with Gasteiger partial charge in [0.1, 0.15) is 5.75 Å². The van der Waals surface area contributed by atoms with Crippen LogP contribution in [0.3, 0.4) is 0 Å². The van der Waals surface area contributed by atoms with Crippen LogP contribution in [0.2, 0.25) is 0 Å². The van der Waals surface area contributed by atoms with Crippen LogP contribution in [0.5, 0.6) is 5.75 Å². The number of methoxy groups -OCH3 is 1. The SMILES string of the molecule is COc1ccc(-c2nc(C(=O)C(F)(F)F)c(N3CCOCC3)o2)cc1. The zero-order chi connectivity index (χ0) is 18.0. The number of hydrogen-bond donors (Lipinski definition) is 0. The summed E-state index contributed by atoms with van der Waals surface area (Å²) in [6.07, 6.45) is -5.03. The molecule has 0 N–H and O–H groups in total. The minimum atomic E-state index is -5.03. The van der Waals surface area contributed by atoms with Crippen LogP contribution in [0.4, 0.5) is 19.1 Å². The van der Waals surface area contributed by atoms with Gasteiger partial charge in [0.2, 0.25) is 11.8 Å². The minimum absolute atomic E-state index is 0.0586. The number of carbonyl (C=O) groups is 1. The van der Waals surface area contributed by atoms with Crippen LogP contribution in [0.15, 0.2) is 28.7 Å². The molecule has 1 aliphatic heterocycles. The van der Waals surface area contributed by atoms with E-state index >= 15 is 0 Å². The third-order valence-electron chi connectivity index (χ3n) is 3.72. The van der Waals surface area contributed by atoms with Gasteiger partial charge in [0.25, 0.3) is 5.78 Å². The maximum absolute atomic E-state index is 12.9. The summed E-state index contributed by atoms with van der Waals surface area (Å²) in [6, 6.07) is 6.43. The number of aromatic nitrogens is 1. The predicted molar refractivity (Wildman–Crippen MR) is 81.9 cm³/mol. The standard InChI is InChI=1S/C16H15F3N2O4/c1-23-11-4-2-10(3-5-11)14-20-12(13(22)16(17,18)19)15(25-14)21-6-8-24-9-7-21/h2-5H,6-9H2,1H3. The average molecular weight is 356 g/mol. The van der Waals surface area contributed by atoms with E-state index in [1.54, 1.807) is 24.3 Å². The van der Waals surface area contributed by atoms with Crippen molar-refractivity contribution in [2.24, 2.45) is 0 Å². The number of alkyl halides is 3. The van der Waals surface area contributed by atoms with Gasteiger partial charge in [0.15, 0.2) is 5.69 Å². The Labute approximate surface area is 141 Å². The number of morpholine rings is 1. The summed E-state index contributed by atoms with van der Waals surface area (Å²) in [5.74, 6) is -1.69. The molecule has 6 nitrogen and oxygen atoms in total. The van der Waals surface area contributed by atoms with Crippen LogP contribution in [0.1, 0.15) is 10.5 Å². The van der Waals surface area contributed by atoms with Gasteiger partial charge in [-0.15, -0.1) is 0 Å². The Morgan fingerprint density at radius 2 is 1.84 bits per heavy atom. The number of ketones is 1. The third-order valence-corrected chi connectivity index (χ3v) is 3.72. The molecule has 2 heterocycles. The fraction of sp³-hybridized carbons (Fsp3) is 0.375. The van der Waals surface area contributed by atoms with Gasteiger partial charge in [-0.2, -0.15) is 13.2 Å². The molecule has 1 fully saturated rings. The monoisotopic (exact) mass is 356 g/mol. The van der Waals surface area contributed by atoms with Gasteiger partial charge in [-0.05, 0) is 24.3 Å². The Bertz CT molecular complexity index is 750. The molecule has 25 heavy (non-hydrogen) atoms. The number of rotatable bonds is 4. The molecule has 1 saturated heterocycles. The Balaban J connectivity index is 2.02. The van der Waals surface area contributed by atoms with Crippen molar-refractivity contribution < 1.29 is 31.9 Å². The van der Waals surface area contributed by atoms with Crippen LogP contribution in [-0.2, 0) is 4.74 Å².